The molecular weight excluding hydrogens is 338 g/mol. The largest absolute Gasteiger partial charge is 0.339 e. The van der Waals surface area contributed by atoms with E-state index in [0.29, 0.717) is 17.8 Å². The van der Waals surface area contributed by atoms with Crippen LogP contribution in [0.4, 0.5) is 10.5 Å². The zero-order valence-corrected chi connectivity index (χ0v) is 15.8. The molecule has 0 aliphatic carbocycles. The molecule has 0 radical (unpaired) electrons. The first-order valence-electron chi connectivity index (χ1n) is 9.66. The lowest BCUT2D eigenvalue weighted by atomic mass is 9.97. The van der Waals surface area contributed by atoms with E-state index in [1.54, 1.807) is 24.3 Å². The molecule has 2 aromatic rings. The molecule has 3 rings (SSSR count). The summed E-state index contributed by atoms with van der Waals surface area (Å²) in [6.07, 6.45) is 3.11. The van der Waals surface area contributed by atoms with E-state index in [4.69, 9.17) is 0 Å². The summed E-state index contributed by atoms with van der Waals surface area (Å²) in [4.78, 5) is 26.4. The first kappa shape index (κ1) is 19.0. The van der Waals surface area contributed by atoms with Gasteiger partial charge in [0, 0.05) is 36.8 Å². The number of amides is 3. The third kappa shape index (κ3) is 5.09. The van der Waals surface area contributed by atoms with Gasteiger partial charge in [-0.15, -0.1) is 0 Å². The molecule has 2 N–H and O–H groups in total. The normalized spacial score (nSPS) is 14.6. The maximum Gasteiger partial charge on any atom is 0.319 e. The molecule has 0 spiro atoms. The summed E-state index contributed by atoms with van der Waals surface area (Å²) in [5.74, 6) is 0.356. The topological polar surface area (TPSA) is 61.4 Å². The fourth-order valence-electron chi connectivity index (χ4n) is 3.41. The van der Waals surface area contributed by atoms with Gasteiger partial charge in [-0.05, 0) is 49.1 Å². The molecule has 1 atom stereocenters. The van der Waals surface area contributed by atoms with E-state index in [9.17, 15) is 9.59 Å². The van der Waals surface area contributed by atoms with Crippen LogP contribution in [0.5, 0.6) is 0 Å². The number of carbonyl (C=O) groups excluding carboxylic acids is 2. The van der Waals surface area contributed by atoms with Crippen LogP contribution in [0, 0.1) is 0 Å². The van der Waals surface area contributed by atoms with Gasteiger partial charge in [-0.2, -0.15) is 0 Å². The molecule has 0 aromatic heterocycles. The van der Waals surface area contributed by atoms with Crippen molar-refractivity contribution in [1.82, 2.24) is 10.2 Å². The summed E-state index contributed by atoms with van der Waals surface area (Å²) < 4.78 is 0. The van der Waals surface area contributed by atoms with Crippen LogP contribution in [0.15, 0.2) is 54.6 Å². The zero-order valence-electron chi connectivity index (χ0n) is 15.8. The van der Waals surface area contributed by atoms with Gasteiger partial charge in [0.05, 0.1) is 0 Å². The second-order valence-corrected chi connectivity index (χ2v) is 6.93. The van der Waals surface area contributed by atoms with Crippen LogP contribution >= 0.6 is 0 Å². The Morgan fingerprint density at radius 2 is 1.67 bits per heavy atom. The first-order valence-corrected chi connectivity index (χ1v) is 9.66. The fourth-order valence-corrected chi connectivity index (χ4v) is 3.41. The quantitative estimate of drug-likeness (QED) is 0.804. The maximum absolute atomic E-state index is 12.4. The van der Waals surface area contributed by atoms with Crippen LogP contribution in [-0.4, -0.2) is 36.5 Å². The van der Waals surface area contributed by atoms with Crippen LogP contribution in [0.2, 0.25) is 0 Å². The number of benzene rings is 2. The molecule has 0 saturated carbocycles. The van der Waals surface area contributed by atoms with Crippen LogP contribution in [0.25, 0.3) is 0 Å². The molecule has 1 aliphatic heterocycles. The fraction of sp³-hybridized carbons (Fsp3) is 0.364. The van der Waals surface area contributed by atoms with Gasteiger partial charge >= 0.3 is 6.03 Å². The van der Waals surface area contributed by atoms with Crippen LogP contribution < -0.4 is 10.6 Å². The first-order chi connectivity index (χ1) is 13.2. The van der Waals surface area contributed by atoms with Gasteiger partial charge in [-0.25, -0.2) is 4.79 Å². The standard InChI is InChI=1S/C22H27N3O2/c1-2-17(18-8-4-3-5-9-18)16-23-22(27)24-20-12-10-19(11-13-20)21(26)25-14-6-7-15-25/h3-5,8-13,17H,2,6-7,14-16H2,1H3,(H2,23,24,27)/t17-/m1/s1. The van der Waals surface area contributed by atoms with Gasteiger partial charge < -0.3 is 15.5 Å². The van der Waals surface area contributed by atoms with Crippen molar-refractivity contribution in [3.8, 4) is 0 Å². The number of carbonyl (C=O) groups is 2. The van der Waals surface area contributed by atoms with Crippen molar-refractivity contribution in [2.45, 2.75) is 32.1 Å². The predicted octanol–water partition coefficient (Wildman–Crippen LogP) is 4.24. The summed E-state index contributed by atoms with van der Waals surface area (Å²) in [6, 6.07) is 17.1. The van der Waals surface area contributed by atoms with E-state index in [0.717, 1.165) is 32.4 Å². The van der Waals surface area contributed by atoms with E-state index < -0.39 is 0 Å². The monoisotopic (exact) mass is 365 g/mol. The number of anilines is 1. The van der Waals surface area contributed by atoms with Crippen molar-refractivity contribution < 1.29 is 9.59 Å². The van der Waals surface area contributed by atoms with Gasteiger partial charge in [0.1, 0.15) is 0 Å². The van der Waals surface area contributed by atoms with E-state index in [-0.39, 0.29) is 17.9 Å². The highest BCUT2D eigenvalue weighted by atomic mass is 16.2. The molecule has 0 unspecified atom stereocenters. The molecule has 3 amide bonds. The number of urea groups is 1. The van der Waals surface area contributed by atoms with E-state index >= 15 is 0 Å². The second-order valence-electron chi connectivity index (χ2n) is 6.93. The van der Waals surface area contributed by atoms with Gasteiger partial charge in [0.25, 0.3) is 5.91 Å². The Balaban J connectivity index is 1.51. The Morgan fingerprint density at radius 3 is 2.30 bits per heavy atom. The molecule has 1 heterocycles. The third-order valence-electron chi connectivity index (χ3n) is 5.06. The summed E-state index contributed by atoms with van der Waals surface area (Å²) in [5.41, 5.74) is 2.57. The second kappa shape index (κ2) is 9.21. The van der Waals surface area contributed by atoms with Crippen LogP contribution in [0.3, 0.4) is 0 Å². The lowest BCUT2D eigenvalue weighted by molar-refractivity contribution is 0.0793. The molecule has 1 saturated heterocycles. The SMILES string of the molecule is CC[C@H](CNC(=O)Nc1ccc(C(=O)N2CCCC2)cc1)c1ccccc1. The molecule has 5 nitrogen and oxygen atoms in total. The number of hydrogen-bond acceptors (Lipinski definition) is 2. The van der Waals surface area contributed by atoms with E-state index in [1.165, 1.54) is 5.56 Å². The molecular formula is C22H27N3O2. The number of hydrogen-bond donors (Lipinski definition) is 2. The number of nitrogens with one attached hydrogen (secondary N) is 2. The Morgan fingerprint density at radius 1 is 1.00 bits per heavy atom. The molecule has 27 heavy (non-hydrogen) atoms. The number of likely N-dealkylation sites (tertiary alicyclic amines) is 1. The predicted molar refractivity (Wildman–Crippen MR) is 108 cm³/mol. The van der Waals surface area contributed by atoms with Crippen molar-refractivity contribution in [3.05, 3.63) is 65.7 Å². The van der Waals surface area contributed by atoms with Gasteiger partial charge in [-0.3, -0.25) is 4.79 Å². The number of nitrogens with zero attached hydrogens (tertiary/aromatic N) is 1. The smallest absolute Gasteiger partial charge is 0.319 e. The minimum atomic E-state index is -0.233. The summed E-state index contributed by atoms with van der Waals surface area (Å²) >= 11 is 0. The van der Waals surface area contributed by atoms with Crippen LogP contribution in [0.1, 0.15) is 48.0 Å². The molecule has 5 heteroatoms. The highest BCUT2D eigenvalue weighted by Crippen LogP contribution is 2.18. The van der Waals surface area contributed by atoms with Crippen molar-refractivity contribution >= 4 is 17.6 Å². The highest BCUT2D eigenvalue weighted by molar-refractivity contribution is 5.95. The average molecular weight is 365 g/mol. The minimum Gasteiger partial charge on any atom is -0.339 e. The lowest BCUT2D eigenvalue weighted by Gasteiger charge is -2.17. The molecule has 1 aliphatic rings. The number of rotatable bonds is 6. The highest BCUT2D eigenvalue weighted by Gasteiger charge is 2.19. The minimum absolute atomic E-state index is 0.0668. The average Bonchev–Trinajstić information content (AvgIpc) is 3.24. The van der Waals surface area contributed by atoms with E-state index in [2.05, 4.69) is 29.7 Å². The van der Waals surface area contributed by atoms with Crippen molar-refractivity contribution in [2.75, 3.05) is 25.0 Å². The third-order valence-corrected chi connectivity index (χ3v) is 5.06. The maximum atomic E-state index is 12.4. The Labute approximate surface area is 160 Å². The molecule has 142 valence electrons. The summed E-state index contributed by atoms with van der Waals surface area (Å²) in [7, 11) is 0. The summed E-state index contributed by atoms with van der Waals surface area (Å²) in [5, 5.41) is 5.77. The van der Waals surface area contributed by atoms with Gasteiger partial charge in [-0.1, -0.05) is 37.3 Å². The van der Waals surface area contributed by atoms with E-state index in [1.807, 2.05) is 23.1 Å². The molecule has 2 aromatic carbocycles. The van der Waals surface area contributed by atoms with Crippen molar-refractivity contribution in [1.29, 1.82) is 0 Å². The van der Waals surface area contributed by atoms with Gasteiger partial charge in [0.2, 0.25) is 0 Å². The molecule has 0 bridgehead atoms. The van der Waals surface area contributed by atoms with Crippen molar-refractivity contribution in [3.63, 3.8) is 0 Å². The summed E-state index contributed by atoms with van der Waals surface area (Å²) in [6.45, 7) is 4.37. The Kier molecular flexibility index (Phi) is 6.47. The Bertz CT molecular complexity index is 753. The lowest BCUT2D eigenvalue weighted by Crippen LogP contribution is -2.32. The van der Waals surface area contributed by atoms with Crippen molar-refractivity contribution in [2.24, 2.45) is 0 Å². The van der Waals surface area contributed by atoms with Gasteiger partial charge in [0.15, 0.2) is 0 Å². The Hall–Kier alpha value is -2.82. The van der Waals surface area contributed by atoms with Crippen LogP contribution in [-0.2, 0) is 0 Å². The molecule has 1 fully saturated rings. The zero-order chi connectivity index (χ0) is 19.1.